The van der Waals surface area contributed by atoms with Crippen LogP contribution >= 0.6 is 0 Å². The zero-order chi connectivity index (χ0) is 19.5. The van der Waals surface area contributed by atoms with Crippen LogP contribution in [0.5, 0.6) is 0 Å². The van der Waals surface area contributed by atoms with E-state index in [4.69, 9.17) is 5.73 Å². The highest BCUT2D eigenvalue weighted by Crippen LogP contribution is 2.60. The summed E-state index contributed by atoms with van der Waals surface area (Å²) >= 11 is 0. The quantitative estimate of drug-likeness (QED) is 0.803. The lowest BCUT2D eigenvalue weighted by Crippen LogP contribution is -2.58. The number of rotatable bonds is 3. The topological polar surface area (TPSA) is 83.7 Å². The predicted octanol–water partition coefficient (Wildman–Crippen LogP) is 1.92. The Morgan fingerprint density at radius 2 is 1.39 bits per heavy atom. The minimum Gasteiger partial charge on any atom is -0.369 e. The van der Waals surface area contributed by atoms with E-state index in [0.717, 1.165) is 56.4 Å². The van der Waals surface area contributed by atoms with E-state index in [0.29, 0.717) is 25.9 Å². The van der Waals surface area contributed by atoms with Crippen LogP contribution in [0.1, 0.15) is 64.2 Å². The van der Waals surface area contributed by atoms with Gasteiger partial charge in [-0.1, -0.05) is 0 Å². The van der Waals surface area contributed by atoms with Crippen molar-refractivity contribution in [3.63, 3.8) is 0 Å². The van der Waals surface area contributed by atoms with E-state index >= 15 is 0 Å². The van der Waals surface area contributed by atoms with Gasteiger partial charge in [0.05, 0.1) is 5.41 Å². The molecule has 154 valence electrons. The van der Waals surface area contributed by atoms with Gasteiger partial charge in [-0.25, -0.2) is 0 Å². The van der Waals surface area contributed by atoms with Crippen molar-refractivity contribution >= 4 is 17.7 Å². The first-order chi connectivity index (χ1) is 13.4. The summed E-state index contributed by atoms with van der Waals surface area (Å²) in [4.78, 5) is 42.2. The number of nitrogens with zero attached hydrogens (tertiary/aromatic N) is 2. The third-order valence-corrected chi connectivity index (χ3v) is 8.50. The zero-order valence-electron chi connectivity index (χ0n) is 16.8. The Labute approximate surface area is 167 Å². The maximum absolute atomic E-state index is 13.7. The Hall–Kier alpha value is -1.59. The molecule has 4 aliphatic carbocycles. The molecule has 2 saturated heterocycles. The smallest absolute Gasteiger partial charge is 0.245 e. The first kappa shape index (κ1) is 18.4. The van der Waals surface area contributed by atoms with Gasteiger partial charge in [-0.05, 0) is 82.0 Å². The van der Waals surface area contributed by atoms with Crippen molar-refractivity contribution in [2.45, 2.75) is 70.3 Å². The molecule has 6 heteroatoms. The van der Waals surface area contributed by atoms with Gasteiger partial charge in [0.1, 0.15) is 6.04 Å². The van der Waals surface area contributed by atoms with Crippen LogP contribution in [-0.4, -0.2) is 53.2 Å². The van der Waals surface area contributed by atoms with Gasteiger partial charge in [-0.15, -0.1) is 0 Å². The molecule has 6 nitrogen and oxygen atoms in total. The van der Waals surface area contributed by atoms with Crippen LogP contribution in [0.15, 0.2) is 0 Å². The Morgan fingerprint density at radius 3 is 1.93 bits per heavy atom. The van der Waals surface area contributed by atoms with Gasteiger partial charge in [0, 0.05) is 25.6 Å². The number of primary amides is 1. The van der Waals surface area contributed by atoms with Crippen LogP contribution in [0, 0.1) is 29.1 Å². The van der Waals surface area contributed by atoms with Crippen molar-refractivity contribution in [2.24, 2.45) is 34.8 Å². The van der Waals surface area contributed by atoms with E-state index in [-0.39, 0.29) is 35.1 Å². The lowest BCUT2D eigenvalue weighted by atomic mass is 9.49. The molecule has 0 spiro atoms. The normalized spacial score (nSPS) is 40.1. The molecule has 1 atom stereocenters. The third kappa shape index (κ3) is 2.94. The molecule has 0 unspecified atom stereocenters. The van der Waals surface area contributed by atoms with E-state index < -0.39 is 0 Å². The fourth-order valence-corrected chi connectivity index (χ4v) is 7.54. The van der Waals surface area contributed by atoms with Gasteiger partial charge >= 0.3 is 0 Å². The van der Waals surface area contributed by atoms with Crippen LogP contribution in [0.25, 0.3) is 0 Å². The van der Waals surface area contributed by atoms with Crippen molar-refractivity contribution < 1.29 is 14.4 Å². The summed E-state index contributed by atoms with van der Waals surface area (Å²) in [5.74, 6) is 2.22. The molecule has 0 aromatic heterocycles. The van der Waals surface area contributed by atoms with Gasteiger partial charge < -0.3 is 15.5 Å². The highest BCUT2D eigenvalue weighted by molar-refractivity contribution is 5.91. The Balaban J connectivity index is 1.29. The Kier molecular flexibility index (Phi) is 4.44. The van der Waals surface area contributed by atoms with Crippen molar-refractivity contribution in [1.29, 1.82) is 0 Å². The van der Waals surface area contributed by atoms with E-state index in [1.54, 1.807) is 0 Å². The summed E-state index contributed by atoms with van der Waals surface area (Å²) in [6.45, 7) is 1.90. The van der Waals surface area contributed by atoms with Crippen LogP contribution in [0.4, 0.5) is 0 Å². The summed E-state index contributed by atoms with van der Waals surface area (Å²) in [6.07, 6.45) is 10.1. The van der Waals surface area contributed by atoms with Crippen molar-refractivity contribution in [2.75, 3.05) is 19.6 Å². The molecule has 0 aromatic rings. The van der Waals surface area contributed by atoms with Crippen LogP contribution in [0.2, 0.25) is 0 Å². The highest BCUT2D eigenvalue weighted by Gasteiger charge is 2.57. The number of hydrogen-bond acceptors (Lipinski definition) is 3. The minimum absolute atomic E-state index is 0.0958. The summed E-state index contributed by atoms with van der Waals surface area (Å²) in [7, 11) is 0. The molecule has 2 aliphatic heterocycles. The number of carbonyl (C=O) groups is 3. The fourth-order valence-electron chi connectivity index (χ4n) is 7.54. The standard InChI is InChI=1S/C22H33N3O3/c23-19(26)17-3-6-24(7-4-17)20(27)18-2-1-5-25(18)21(28)22-11-14-8-15(12-22)10-16(9-14)13-22/h14-18H,1-13H2,(H2,23,26)/t14?,15?,16?,18-,22?/m1/s1. The predicted molar refractivity (Wildman–Crippen MR) is 104 cm³/mol. The zero-order valence-corrected chi connectivity index (χ0v) is 16.8. The molecule has 2 heterocycles. The van der Waals surface area contributed by atoms with Gasteiger partial charge in [0.15, 0.2) is 0 Å². The molecule has 6 aliphatic rings. The summed E-state index contributed by atoms with van der Waals surface area (Å²) in [6, 6.07) is -0.286. The largest absolute Gasteiger partial charge is 0.369 e. The van der Waals surface area contributed by atoms with E-state index in [1.807, 2.05) is 9.80 Å². The first-order valence-electron chi connectivity index (χ1n) is 11.3. The SMILES string of the molecule is NC(=O)C1CCN(C(=O)[C@H]2CCCN2C(=O)C23CC4CC(CC(C4)C2)C3)CC1. The van der Waals surface area contributed by atoms with Crippen molar-refractivity contribution in [1.82, 2.24) is 9.80 Å². The number of hydrogen-bond donors (Lipinski definition) is 1. The van der Waals surface area contributed by atoms with Crippen LogP contribution in [0.3, 0.4) is 0 Å². The fraction of sp³-hybridized carbons (Fsp3) is 0.864. The number of piperidine rings is 1. The monoisotopic (exact) mass is 387 g/mol. The van der Waals surface area contributed by atoms with Crippen molar-refractivity contribution in [3.05, 3.63) is 0 Å². The van der Waals surface area contributed by atoms with E-state index in [2.05, 4.69) is 0 Å². The molecule has 6 rings (SSSR count). The second kappa shape index (κ2) is 6.74. The second-order valence-corrected chi connectivity index (χ2v) is 10.4. The first-order valence-corrected chi connectivity index (χ1v) is 11.3. The number of likely N-dealkylation sites (tertiary alicyclic amines) is 2. The number of amides is 3. The molecule has 0 aromatic carbocycles. The molecular weight excluding hydrogens is 354 g/mol. The van der Waals surface area contributed by atoms with Gasteiger partial charge in [0.2, 0.25) is 17.7 Å². The van der Waals surface area contributed by atoms with Crippen LogP contribution < -0.4 is 5.73 Å². The molecular formula is C22H33N3O3. The number of nitrogens with two attached hydrogens (primary N) is 1. The summed E-state index contributed by atoms with van der Waals surface area (Å²) in [5.41, 5.74) is 5.25. The van der Waals surface area contributed by atoms with E-state index in [9.17, 15) is 14.4 Å². The van der Waals surface area contributed by atoms with Gasteiger partial charge in [0.25, 0.3) is 0 Å². The molecule has 28 heavy (non-hydrogen) atoms. The van der Waals surface area contributed by atoms with Gasteiger partial charge in [-0.2, -0.15) is 0 Å². The molecule has 3 amide bonds. The third-order valence-electron chi connectivity index (χ3n) is 8.50. The Morgan fingerprint density at radius 1 is 0.821 bits per heavy atom. The van der Waals surface area contributed by atoms with E-state index in [1.165, 1.54) is 19.3 Å². The molecule has 4 bridgehead atoms. The number of carbonyl (C=O) groups excluding carboxylic acids is 3. The summed E-state index contributed by atoms with van der Waals surface area (Å²) in [5, 5.41) is 0. The highest BCUT2D eigenvalue weighted by atomic mass is 16.2. The molecule has 0 radical (unpaired) electrons. The minimum atomic E-state index is -0.286. The lowest BCUT2D eigenvalue weighted by Gasteiger charge is -2.56. The maximum Gasteiger partial charge on any atom is 0.245 e. The van der Waals surface area contributed by atoms with Gasteiger partial charge in [-0.3, -0.25) is 14.4 Å². The molecule has 4 saturated carbocycles. The lowest BCUT2D eigenvalue weighted by molar-refractivity contribution is -0.162. The molecule has 6 fully saturated rings. The second-order valence-electron chi connectivity index (χ2n) is 10.4. The maximum atomic E-state index is 13.7. The van der Waals surface area contributed by atoms with Crippen molar-refractivity contribution in [3.8, 4) is 0 Å². The average Bonchev–Trinajstić information content (AvgIpc) is 3.15. The Bertz CT molecular complexity index is 647. The average molecular weight is 388 g/mol. The molecule has 2 N–H and O–H groups in total. The van der Waals surface area contributed by atoms with Crippen LogP contribution in [-0.2, 0) is 14.4 Å². The summed E-state index contributed by atoms with van der Waals surface area (Å²) < 4.78 is 0.